The maximum Gasteiger partial charge on any atom is 0.263 e. The molecule has 5 unspecified atom stereocenters. The number of hydrogen-bond acceptors (Lipinski definition) is 13. The summed E-state index contributed by atoms with van der Waals surface area (Å²) in [5.74, 6) is 1.79. The van der Waals surface area contributed by atoms with Gasteiger partial charge in [0.05, 0.1) is 33.8 Å². The molecular formula is C50H59N6O9P. The highest BCUT2D eigenvalue weighted by atomic mass is 31.2. The fourth-order valence-electron chi connectivity index (χ4n) is 8.13. The second-order valence-corrected chi connectivity index (χ2v) is 17.5. The molecule has 0 bridgehead atoms. The standard InChI is InChI=1S/C50H59N6O9P/c1-9-10-29-63-66(56(34(2)3)35(4)5)65-45-42(30-62-50(36-17-13-11-14-18-36,37-21-25-39(58-6)26-22-37)38-23-27-40(59-7)28-24-38)64-49(46(45)60-8)55-33-53-44-47(51-32-52-48(44)55)54-43(57)31-61-41-19-15-12-16-20-41/h9,11-28,32-35,42,45-46,49H,1,10,29-31H2,2-8H3,(H,51,52,54,57). The summed E-state index contributed by atoms with van der Waals surface area (Å²) >= 11 is 0. The van der Waals surface area contributed by atoms with Crippen molar-refractivity contribution in [3.8, 4) is 17.2 Å². The minimum absolute atomic E-state index is 0.0253. The third kappa shape index (κ3) is 10.7. The van der Waals surface area contributed by atoms with Gasteiger partial charge in [-0.25, -0.2) is 19.6 Å². The van der Waals surface area contributed by atoms with Crippen LogP contribution in [0.4, 0.5) is 5.82 Å². The van der Waals surface area contributed by atoms with Crippen LogP contribution in [-0.4, -0.2) is 102 Å². The fraction of sp³-hybridized carbons (Fsp3) is 0.360. The number of carbonyl (C=O) groups excluding carboxylic acids is 1. The first kappa shape index (κ1) is 48.2. The smallest absolute Gasteiger partial charge is 0.263 e. The van der Waals surface area contributed by atoms with Gasteiger partial charge in [-0.2, -0.15) is 0 Å². The van der Waals surface area contributed by atoms with E-state index < -0.39 is 44.6 Å². The van der Waals surface area contributed by atoms with Crippen molar-refractivity contribution in [2.75, 3.05) is 46.5 Å². The molecule has 4 aromatic carbocycles. The van der Waals surface area contributed by atoms with Crippen LogP contribution in [0.3, 0.4) is 0 Å². The van der Waals surface area contributed by atoms with E-state index in [1.165, 1.54) is 6.33 Å². The number of aromatic nitrogens is 4. The van der Waals surface area contributed by atoms with Crippen molar-refractivity contribution in [3.05, 3.63) is 151 Å². The van der Waals surface area contributed by atoms with Crippen molar-refractivity contribution in [2.45, 2.75) is 76.3 Å². The first-order valence-electron chi connectivity index (χ1n) is 21.9. The lowest BCUT2D eigenvalue weighted by atomic mass is 9.80. The van der Waals surface area contributed by atoms with Gasteiger partial charge in [0.15, 0.2) is 29.8 Å². The number of nitrogens with zero attached hydrogens (tertiary/aromatic N) is 5. The molecule has 5 atom stereocenters. The van der Waals surface area contributed by atoms with Gasteiger partial charge in [0, 0.05) is 19.2 Å². The van der Waals surface area contributed by atoms with Gasteiger partial charge in [0.2, 0.25) is 0 Å². The molecule has 16 heteroatoms. The summed E-state index contributed by atoms with van der Waals surface area (Å²) in [7, 11) is 3.23. The fourth-order valence-corrected chi connectivity index (χ4v) is 9.92. The van der Waals surface area contributed by atoms with Gasteiger partial charge in [0.1, 0.15) is 47.5 Å². The first-order valence-corrected chi connectivity index (χ1v) is 23.1. The minimum atomic E-state index is -1.68. The first-order chi connectivity index (χ1) is 32.1. The molecular weight excluding hydrogens is 860 g/mol. The average molecular weight is 919 g/mol. The molecule has 1 fully saturated rings. The van der Waals surface area contributed by atoms with Crippen molar-refractivity contribution in [1.29, 1.82) is 0 Å². The number of anilines is 1. The molecule has 0 saturated carbocycles. The molecule has 0 radical (unpaired) electrons. The molecule has 2 aromatic heterocycles. The Balaban J connectivity index is 1.29. The number of benzene rings is 4. The normalized spacial score (nSPS) is 17.9. The molecule has 1 N–H and O–H groups in total. The number of fused-ring (bicyclic) bond motifs is 1. The number of rotatable bonds is 23. The van der Waals surface area contributed by atoms with E-state index in [9.17, 15) is 4.79 Å². The maximum atomic E-state index is 13.1. The Morgan fingerprint density at radius 2 is 1.42 bits per heavy atom. The average Bonchev–Trinajstić information content (AvgIpc) is 3.93. The number of carbonyl (C=O) groups is 1. The zero-order valence-corrected chi connectivity index (χ0v) is 39.4. The second kappa shape index (κ2) is 22.6. The van der Waals surface area contributed by atoms with Crippen LogP contribution in [0.15, 0.2) is 135 Å². The third-order valence-corrected chi connectivity index (χ3v) is 13.3. The predicted molar refractivity (Wildman–Crippen MR) is 254 cm³/mol. The number of amides is 1. The summed E-state index contributed by atoms with van der Waals surface area (Å²) in [5, 5.41) is 2.83. The van der Waals surface area contributed by atoms with Crippen molar-refractivity contribution in [2.24, 2.45) is 0 Å². The van der Waals surface area contributed by atoms with Crippen molar-refractivity contribution in [1.82, 2.24) is 24.2 Å². The van der Waals surface area contributed by atoms with Crippen LogP contribution < -0.4 is 19.5 Å². The molecule has 1 aliphatic heterocycles. The summed E-state index contributed by atoms with van der Waals surface area (Å²) in [6.07, 6.45) is 2.38. The monoisotopic (exact) mass is 918 g/mol. The maximum absolute atomic E-state index is 13.1. The highest BCUT2D eigenvalue weighted by Gasteiger charge is 2.51. The van der Waals surface area contributed by atoms with Gasteiger partial charge in [-0.15, -0.1) is 6.58 Å². The summed E-state index contributed by atoms with van der Waals surface area (Å²) in [6.45, 7) is 12.6. The van der Waals surface area contributed by atoms with E-state index in [1.807, 2.05) is 91.0 Å². The van der Waals surface area contributed by atoms with Gasteiger partial charge in [-0.05, 0) is 87.2 Å². The lowest BCUT2D eigenvalue weighted by molar-refractivity contribution is -0.118. The SMILES string of the molecule is C=CCCOP(OC1C(COC(c2ccccc2)(c2ccc(OC)cc2)c2ccc(OC)cc2)OC(n2cnc3c(NC(=O)COc4ccccc4)ncnc32)C1OC)N(C(C)C)C(C)C. The third-order valence-electron chi connectivity index (χ3n) is 11.2. The zero-order valence-electron chi connectivity index (χ0n) is 38.5. The largest absolute Gasteiger partial charge is 0.497 e. The molecule has 15 nitrogen and oxygen atoms in total. The van der Waals surface area contributed by atoms with Crippen LogP contribution in [0.2, 0.25) is 0 Å². The number of imidazole rings is 1. The molecule has 348 valence electrons. The number of para-hydroxylation sites is 1. The second-order valence-electron chi connectivity index (χ2n) is 16.1. The van der Waals surface area contributed by atoms with Crippen LogP contribution >= 0.6 is 8.53 Å². The van der Waals surface area contributed by atoms with Crippen LogP contribution in [0.5, 0.6) is 17.2 Å². The minimum Gasteiger partial charge on any atom is -0.497 e. The Kier molecular flexibility index (Phi) is 16.5. The van der Waals surface area contributed by atoms with E-state index >= 15 is 0 Å². The Morgan fingerprint density at radius 1 is 0.818 bits per heavy atom. The van der Waals surface area contributed by atoms with Gasteiger partial charge < -0.3 is 42.8 Å². The number of ether oxygens (including phenoxy) is 6. The molecule has 0 spiro atoms. The van der Waals surface area contributed by atoms with Crippen molar-refractivity contribution in [3.63, 3.8) is 0 Å². The number of nitrogens with one attached hydrogen (secondary N) is 1. The van der Waals surface area contributed by atoms with Crippen LogP contribution in [-0.2, 0) is 33.7 Å². The van der Waals surface area contributed by atoms with Gasteiger partial charge in [-0.1, -0.05) is 78.9 Å². The molecule has 66 heavy (non-hydrogen) atoms. The van der Waals surface area contributed by atoms with Crippen LogP contribution in [0.25, 0.3) is 11.2 Å². The highest BCUT2D eigenvalue weighted by Crippen LogP contribution is 2.51. The summed E-state index contributed by atoms with van der Waals surface area (Å²) in [5.41, 5.74) is 2.20. The molecule has 3 heterocycles. The highest BCUT2D eigenvalue weighted by molar-refractivity contribution is 7.44. The summed E-state index contributed by atoms with van der Waals surface area (Å²) < 4.78 is 55.6. The number of methoxy groups -OCH3 is 3. The van der Waals surface area contributed by atoms with Gasteiger partial charge >= 0.3 is 0 Å². The van der Waals surface area contributed by atoms with Gasteiger partial charge in [0.25, 0.3) is 14.4 Å². The van der Waals surface area contributed by atoms with Crippen LogP contribution in [0.1, 0.15) is 57.0 Å². The Bertz CT molecular complexity index is 2400. The van der Waals surface area contributed by atoms with E-state index in [4.69, 9.17) is 37.5 Å². The van der Waals surface area contributed by atoms with Crippen molar-refractivity contribution >= 4 is 31.4 Å². The van der Waals surface area contributed by atoms with Crippen LogP contribution in [0, 0.1) is 0 Å². The Labute approximate surface area is 387 Å². The van der Waals surface area contributed by atoms with Crippen molar-refractivity contribution < 1.29 is 42.3 Å². The lowest BCUT2D eigenvalue weighted by Gasteiger charge is -2.39. The molecule has 1 amide bonds. The summed E-state index contributed by atoms with van der Waals surface area (Å²) in [4.78, 5) is 26.8. The molecule has 6 aromatic rings. The molecule has 1 saturated heterocycles. The van der Waals surface area contributed by atoms with E-state index in [-0.39, 0.29) is 31.1 Å². The predicted octanol–water partition coefficient (Wildman–Crippen LogP) is 9.11. The van der Waals surface area contributed by atoms with Gasteiger partial charge in [-0.3, -0.25) is 9.36 Å². The van der Waals surface area contributed by atoms with E-state index in [0.29, 0.717) is 41.4 Å². The van der Waals surface area contributed by atoms with E-state index in [2.05, 4.69) is 71.3 Å². The topological polar surface area (TPSA) is 150 Å². The quantitative estimate of drug-likeness (QED) is 0.0282. The Morgan fingerprint density at radius 3 is 2.00 bits per heavy atom. The summed E-state index contributed by atoms with van der Waals surface area (Å²) in [6, 6.07) is 35.1. The molecule has 7 rings (SSSR count). The Hall–Kier alpha value is -5.77. The van der Waals surface area contributed by atoms with E-state index in [0.717, 1.165) is 16.7 Å². The molecule has 1 aliphatic rings. The lowest BCUT2D eigenvalue weighted by Crippen LogP contribution is -2.42. The molecule has 0 aliphatic carbocycles. The van der Waals surface area contributed by atoms with E-state index in [1.54, 1.807) is 44.4 Å². The zero-order chi connectivity index (χ0) is 46.6. The number of hydrogen-bond donors (Lipinski definition) is 1.